The number of para-hydroxylation sites is 3. The Hall–Kier alpha value is -8.40. The third kappa shape index (κ3) is 6.55. The van der Waals surface area contributed by atoms with Crippen molar-refractivity contribution in [3.63, 3.8) is 0 Å². The number of anilines is 3. The van der Waals surface area contributed by atoms with Crippen LogP contribution in [0, 0.1) is 0 Å². The number of aromatic nitrogens is 1. The molecule has 0 fully saturated rings. The average Bonchev–Trinajstić information content (AvgIpc) is 3.90. The normalized spacial score (nSPS) is 11.5. The van der Waals surface area contributed by atoms with Crippen molar-refractivity contribution in [2.75, 3.05) is 4.90 Å². The fourth-order valence-electron chi connectivity index (χ4n) is 9.30. The van der Waals surface area contributed by atoms with Gasteiger partial charge in [-0.1, -0.05) is 146 Å². The molecule has 0 aliphatic carbocycles. The van der Waals surface area contributed by atoms with Crippen LogP contribution in [-0.2, 0) is 0 Å². The lowest BCUT2D eigenvalue weighted by atomic mass is 9.93. The maximum Gasteiger partial charge on any atom is 0.137 e. The Morgan fingerprint density at radius 3 is 1.37 bits per heavy atom. The van der Waals surface area contributed by atoms with Crippen molar-refractivity contribution >= 4 is 60.8 Å². The average molecular weight is 805 g/mol. The minimum Gasteiger partial charge on any atom is -0.456 e. The van der Waals surface area contributed by atoms with Gasteiger partial charge >= 0.3 is 0 Å². The summed E-state index contributed by atoms with van der Waals surface area (Å²) in [5, 5.41) is 4.71. The molecule has 2 heterocycles. The summed E-state index contributed by atoms with van der Waals surface area (Å²) in [6.45, 7) is 0. The standard InChI is InChI=1S/C60H40N2O/c1-4-14-41(15-5-1)46-36-47(42-16-6-2-7-17-42)38-48(37-46)44-26-31-51(32-27-44)61(52-33-34-55-54-21-11-13-23-59(54)63-60(55)40-52)50-29-24-43(25-30-50)45-28-35-58-56(39-45)53-20-10-12-22-57(53)62(58)49-18-8-3-9-19-49/h1-40H. The van der Waals surface area contributed by atoms with Crippen LogP contribution in [0.3, 0.4) is 0 Å². The van der Waals surface area contributed by atoms with E-state index in [1.165, 1.54) is 55.2 Å². The van der Waals surface area contributed by atoms with Crippen molar-refractivity contribution < 1.29 is 4.42 Å². The van der Waals surface area contributed by atoms with Gasteiger partial charge in [-0.2, -0.15) is 0 Å². The highest BCUT2D eigenvalue weighted by Crippen LogP contribution is 2.41. The van der Waals surface area contributed by atoms with E-state index in [0.29, 0.717) is 0 Å². The quantitative estimate of drug-likeness (QED) is 0.153. The largest absolute Gasteiger partial charge is 0.456 e. The van der Waals surface area contributed by atoms with E-state index in [2.05, 4.69) is 240 Å². The molecule has 12 aromatic rings. The minimum atomic E-state index is 0.862. The molecule has 0 aliphatic rings. The van der Waals surface area contributed by atoms with Gasteiger partial charge in [0.15, 0.2) is 0 Å². The van der Waals surface area contributed by atoms with Gasteiger partial charge in [0.25, 0.3) is 0 Å². The molecule has 2 aromatic heterocycles. The topological polar surface area (TPSA) is 21.3 Å². The summed E-state index contributed by atoms with van der Waals surface area (Å²) in [6, 6.07) is 87.1. The fourth-order valence-corrected chi connectivity index (χ4v) is 9.30. The first-order valence-corrected chi connectivity index (χ1v) is 21.5. The highest BCUT2D eigenvalue weighted by molar-refractivity contribution is 6.10. The Balaban J connectivity index is 0.950. The highest BCUT2D eigenvalue weighted by atomic mass is 16.3. The summed E-state index contributed by atoms with van der Waals surface area (Å²) in [5.74, 6) is 0. The summed E-state index contributed by atoms with van der Waals surface area (Å²) < 4.78 is 8.79. The molecular weight excluding hydrogens is 765 g/mol. The van der Waals surface area contributed by atoms with E-state index in [9.17, 15) is 0 Å². The van der Waals surface area contributed by atoms with Gasteiger partial charge in [-0.05, 0) is 136 Å². The van der Waals surface area contributed by atoms with Crippen molar-refractivity contribution in [1.82, 2.24) is 4.57 Å². The Kier molecular flexibility index (Phi) is 8.83. The second-order valence-electron chi connectivity index (χ2n) is 16.2. The molecule has 0 bridgehead atoms. The first kappa shape index (κ1) is 36.5. The SMILES string of the molecule is c1ccc(-c2cc(-c3ccccc3)cc(-c3ccc(N(c4ccc(-c5ccc6c(c5)c5ccccc5n6-c5ccccc5)cc4)c4ccc5c(c4)oc4ccccc45)cc3)c2)cc1. The molecule has 0 radical (unpaired) electrons. The Bertz CT molecular complexity index is 3530. The number of rotatable bonds is 8. The van der Waals surface area contributed by atoms with Crippen LogP contribution in [0.2, 0.25) is 0 Å². The fraction of sp³-hybridized carbons (Fsp3) is 0. The van der Waals surface area contributed by atoms with Gasteiger partial charge in [0.2, 0.25) is 0 Å². The number of fused-ring (bicyclic) bond motifs is 6. The van der Waals surface area contributed by atoms with Crippen molar-refractivity contribution in [1.29, 1.82) is 0 Å². The van der Waals surface area contributed by atoms with E-state index >= 15 is 0 Å². The molecule has 0 saturated heterocycles. The first-order valence-electron chi connectivity index (χ1n) is 21.5. The van der Waals surface area contributed by atoms with Crippen LogP contribution >= 0.6 is 0 Å². The van der Waals surface area contributed by atoms with Gasteiger partial charge in [-0.3, -0.25) is 0 Å². The van der Waals surface area contributed by atoms with Crippen LogP contribution in [0.1, 0.15) is 0 Å². The summed E-state index contributed by atoms with van der Waals surface area (Å²) in [6.07, 6.45) is 0. The molecule has 0 atom stereocenters. The zero-order valence-electron chi connectivity index (χ0n) is 34.4. The van der Waals surface area contributed by atoms with E-state index < -0.39 is 0 Å². The predicted molar refractivity (Wildman–Crippen MR) is 264 cm³/mol. The van der Waals surface area contributed by atoms with Gasteiger partial charge in [0.05, 0.1) is 11.0 Å². The summed E-state index contributed by atoms with van der Waals surface area (Å²) in [4.78, 5) is 2.33. The second-order valence-corrected chi connectivity index (χ2v) is 16.2. The number of furan rings is 1. The van der Waals surface area contributed by atoms with Crippen LogP contribution in [0.5, 0.6) is 0 Å². The maximum absolute atomic E-state index is 6.43. The monoisotopic (exact) mass is 804 g/mol. The number of hydrogen-bond donors (Lipinski definition) is 0. The van der Waals surface area contributed by atoms with Gasteiger partial charge < -0.3 is 13.9 Å². The van der Waals surface area contributed by atoms with Crippen LogP contribution in [0.15, 0.2) is 247 Å². The zero-order chi connectivity index (χ0) is 41.7. The lowest BCUT2D eigenvalue weighted by Gasteiger charge is -2.26. The van der Waals surface area contributed by atoms with Crippen LogP contribution in [0.25, 0.3) is 93.9 Å². The zero-order valence-corrected chi connectivity index (χ0v) is 34.4. The smallest absolute Gasteiger partial charge is 0.137 e. The van der Waals surface area contributed by atoms with Crippen LogP contribution in [0.4, 0.5) is 17.1 Å². The number of hydrogen-bond acceptors (Lipinski definition) is 2. The molecule has 0 spiro atoms. The second kappa shape index (κ2) is 15.3. The van der Waals surface area contributed by atoms with Gasteiger partial charge in [0.1, 0.15) is 11.2 Å². The molecule has 10 aromatic carbocycles. The molecule has 0 aliphatic heterocycles. The highest BCUT2D eigenvalue weighted by Gasteiger charge is 2.18. The van der Waals surface area contributed by atoms with Crippen molar-refractivity contribution in [2.45, 2.75) is 0 Å². The summed E-state index contributed by atoms with van der Waals surface area (Å²) in [7, 11) is 0. The van der Waals surface area contributed by atoms with Crippen molar-refractivity contribution in [3.05, 3.63) is 243 Å². The van der Waals surface area contributed by atoms with E-state index in [0.717, 1.165) is 55.8 Å². The Morgan fingerprint density at radius 1 is 0.270 bits per heavy atom. The Labute approximate surface area is 366 Å². The van der Waals surface area contributed by atoms with E-state index in [4.69, 9.17) is 4.42 Å². The third-order valence-corrected chi connectivity index (χ3v) is 12.4. The Morgan fingerprint density at radius 2 is 0.730 bits per heavy atom. The van der Waals surface area contributed by atoms with Crippen LogP contribution < -0.4 is 4.90 Å². The molecule has 3 heteroatoms. The number of nitrogens with zero attached hydrogens (tertiary/aromatic N) is 2. The molecule has 296 valence electrons. The van der Waals surface area contributed by atoms with Gasteiger partial charge in [-0.25, -0.2) is 0 Å². The van der Waals surface area contributed by atoms with Crippen molar-refractivity contribution in [2.24, 2.45) is 0 Å². The minimum absolute atomic E-state index is 0.862. The van der Waals surface area contributed by atoms with Crippen molar-refractivity contribution in [3.8, 4) is 50.2 Å². The van der Waals surface area contributed by atoms with E-state index in [1.54, 1.807) is 0 Å². The van der Waals surface area contributed by atoms with Gasteiger partial charge in [0, 0.05) is 50.4 Å². The molecule has 0 N–H and O–H groups in total. The molecule has 0 saturated carbocycles. The summed E-state index contributed by atoms with van der Waals surface area (Å²) >= 11 is 0. The van der Waals surface area contributed by atoms with Gasteiger partial charge in [-0.15, -0.1) is 0 Å². The maximum atomic E-state index is 6.43. The predicted octanol–water partition coefficient (Wildman–Crippen LogP) is 16.8. The molecular formula is C60H40N2O. The van der Waals surface area contributed by atoms with E-state index in [1.807, 2.05) is 12.1 Å². The molecule has 63 heavy (non-hydrogen) atoms. The molecule has 0 unspecified atom stereocenters. The lowest BCUT2D eigenvalue weighted by Crippen LogP contribution is -2.09. The lowest BCUT2D eigenvalue weighted by molar-refractivity contribution is 0.669. The first-order chi connectivity index (χ1) is 31.2. The molecule has 3 nitrogen and oxygen atoms in total. The molecule has 12 rings (SSSR count). The van der Waals surface area contributed by atoms with Crippen LogP contribution in [-0.4, -0.2) is 4.57 Å². The summed E-state index contributed by atoms with van der Waals surface area (Å²) in [5.41, 5.74) is 17.9. The van der Waals surface area contributed by atoms with E-state index in [-0.39, 0.29) is 0 Å². The molecule has 0 amide bonds. The third-order valence-electron chi connectivity index (χ3n) is 12.4. The number of benzene rings is 10.